The third-order valence-electron chi connectivity index (χ3n) is 18.1. The lowest BCUT2D eigenvalue weighted by atomic mass is 9.80. The summed E-state index contributed by atoms with van der Waals surface area (Å²) < 4.78 is 96.8. The first-order valence-electron chi connectivity index (χ1n) is 37.3. The van der Waals surface area contributed by atoms with Gasteiger partial charge in [0.05, 0.1) is 224 Å². The summed E-state index contributed by atoms with van der Waals surface area (Å²) in [6.45, 7) is 21.4. The summed E-state index contributed by atoms with van der Waals surface area (Å²) in [5.74, 6) is -2.94. The third-order valence-corrected chi connectivity index (χ3v) is 18.1. The number of aliphatic hydroxyl groups is 4. The lowest BCUT2D eigenvalue weighted by Crippen LogP contribution is -2.57. The Kier molecular flexibility index (Phi) is 37.8. The number of hydrogen-bond acceptors (Lipinski definition) is 29. The second-order valence-electron chi connectivity index (χ2n) is 26.6. The van der Waals surface area contributed by atoms with Crippen LogP contribution in [0.4, 0.5) is 16.2 Å². The normalized spacial score (nSPS) is 20.0. The summed E-state index contributed by atoms with van der Waals surface area (Å²) in [5.41, 5.74) is 3.60. The van der Waals surface area contributed by atoms with Crippen molar-refractivity contribution >= 4 is 53.0 Å². The second-order valence-corrected chi connectivity index (χ2v) is 26.6. The van der Waals surface area contributed by atoms with E-state index in [2.05, 4.69) is 23.3 Å². The van der Waals surface area contributed by atoms with Crippen molar-refractivity contribution in [1.82, 2.24) is 9.80 Å². The smallest absolute Gasteiger partial charge is 0.416 e. The second kappa shape index (κ2) is 47.4. The van der Waals surface area contributed by atoms with Gasteiger partial charge in [-0.2, -0.15) is 0 Å². The standard InChI is InChI=1S/C77H109N5O28/c1-51(2)79-109-38-37-105-36-35-104-34-33-103-32-31-102-30-29-101-28-27-100-26-25-99-24-23-98-22-21-97-20-19-96-18-17-95-14-10-11-63(83)58-41-54(12-13-64(58)110-69-44-59(76(90)91)70(84)72(86)71(69)85)50-108-77(92)82-61-46-68(66(94-6)43-57(61)74(88)81-49-53(4)40-62(81)75(82)89)107-16-9-7-8-15-106-67-45-60-56(42-65(67)93-5)73(87)80-48-52(3)39-55(80)47-78-60/h12-13,41-43,45-47,55,59,62,69-72,75,84-86,89H,3-4,7-11,14-40,44,48-50H2,1-2,5-6H3,(H,90,91)/t55-,59-,62-,69+,70+,71-,72-,75?/m0/s1. The fourth-order valence-electron chi connectivity index (χ4n) is 12.5. The monoisotopic (exact) mass is 1550 g/mol. The molecule has 5 aliphatic rings. The first kappa shape index (κ1) is 87.6. The highest BCUT2D eigenvalue weighted by atomic mass is 16.6. The van der Waals surface area contributed by atoms with Gasteiger partial charge in [0.2, 0.25) is 0 Å². The highest BCUT2D eigenvalue weighted by Crippen LogP contribution is 2.43. The number of benzene rings is 3. The predicted octanol–water partition coefficient (Wildman–Crippen LogP) is 5.56. The van der Waals surface area contributed by atoms with Crippen molar-refractivity contribution in [2.45, 2.75) is 115 Å². The quantitative estimate of drug-likeness (QED) is 0.0152. The molecule has 4 aliphatic heterocycles. The molecule has 610 valence electrons. The highest BCUT2D eigenvalue weighted by Gasteiger charge is 2.49. The number of oxime groups is 1. The molecule has 0 spiro atoms. The zero-order chi connectivity index (χ0) is 78.6. The number of anilines is 1. The van der Waals surface area contributed by atoms with Gasteiger partial charge in [-0.15, -0.1) is 0 Å². The van der Waals surface area contributed by atoms with Gasteiger partial charge in [-0.1, -0.05) is 35.5 Å². The van der Waals surface area contributed by atoms with Gasteiger partial charge in [0.25, 0.3) is 11.8 Å². The van der Waals surface area contributed by atoms with Crippen LogP contribution in [-0.4, -0.2) is 312 Å². The Morgan fingerprint density at radius 1 is 0.536 bits per heavy atom. The van der Waals surface area contributed by atoms with Crippen LogP contribution in [0.1, 0.15) is 102 Å². The Bertz CT molecular complexity index is 3480. The molecule has 33 heteroatoms. The molecular weight excluding hydrogens is 1440 g/mol. The average molecular weight is 1550 g/mol. The Labute approximate surface area is 641 Å². The molecule has 3 amide bonds. The molecular formula is C77H109N5O28. The third kappa shape index (κ3) is 27.2. The minimum absolute atomic E-state index is 0.0139. The largest absolute Gasteiger partial charge is 0.493 e. The summed E-state index contributed by atoms with van der Waals surface area (Å²) in [4.78, 5) is 82.6. The lowest BCUT2D eigenvalue weighted by molar-refractivity contribution is -0.174. The fourth-order valence-corrected chi connectivity index (χ4v) is 12.5. The summed E-state index contributed by atoms with van der Waals surface area (Å²) >= 11 is 0. The van der Waals surface area contributed by atoms with Gasteiger partial charge in [-0.25, -0.2) is 9.69 Å². The van der Waals surface area contributed by atoms with E-state index in [1.54, 1.807) is 23.2 Å². The number of fused-ring (bicyclic) bond motifs is 4. The van der Waals surface area contributed by atoms with Crippen LogP contribution in [0.5, 0.6) is 28.7 Å². The number of nitrogens with zero attached hydrogens (tertiary/aromatic N) is 5. The molecule has 2 saturated heterocycles. The first-order valence-corrected chi connectivity index (χ1v) is 37.3. The molecule has 4 heterocycles. The Balaban J connectivity index is 0.724. The molecule has 0 radical (unpaired) electrons. The van der Waals surface area contributed by atoms with Crippen LogP contribution < -0.4 is 28.6 Å². The number of carboxylic acid groups (broad SMARTS) is 1. The average Bonchev–Trinajstić information content (AvgIpc) is 1.59. The van der Waals surface area contributed by atoms with E-state index < -0.39 is 79.4 Å². The molecule has 1 unspecified atom stereocenters. The number of carbonyl (C=O) groups is 5. The maximum Gasteiger partial charge on any atom is 0.416 e. The molecule has 0 bridgehead atoms. The Hall–Kier alpha value is -7.97. The number of carbonyl (C=O) groups excluding carboxylic acids is 4. The van der Waals surface area contributed by atoms with E-state index in [1.807, 2.05) is 13.8 Å². The van der Waals surface area contributed by atoms with Gasteiger partial charge in [0.1, 0.15) is 37.3 Å². The maximum absolute atomic E-state index is 14.6. The van der Waals surface area contributed by atoms with Crippen LogP contribution in [0.2, 0.25) is 0 Å². The van der Waals surface area contributed by atoms with E-state index in [0.717, 1.165) is 16.2 Å². The minimum atomic E-state index is -1.88. The van der Waals surface area contributed by atoms with Crippen molar-refractivity contribution in [1.29, 1.82) is 0 Å². The van der Waals surface area contributed by atoms with E-state index in [4.69, 9.17) is 85.4 Å². The zero-order valence-corrected chi connectivity index (χ0v) is 63.5. The van der Waals surface area contributed by atoms with Gasteiger partial charge in [0, 0.05) is 50.9 Å². The number of amides is 3. The Morgan fingerprint density at radius 2 is 1.03 bits per heavy atom. The van der Waals surface area contributed by atoms with Crippen LogP contribution in [0, 0.1) is 5.92 Å². The molecule has 0 aromatic heterocycles. The van der Waals surface area contributed by atoms with Gasteiger partial charge in [-0.05, 0) is 82.2 Å². The molecule has 110 heavy (non-hydrogen) atoms. The number of unbranched alkanes of at least 4 members (excludes halogenated alkanes) is 2. The summed E-state index contributed by atoms with van der Waals surface area (Å²) in [6, 6.07) is 9.43. The molecule has 3 aromatic carbocycles. The first-order chi connectivity index (χ1) is 53.4. The van der Waals surface area contributed by atoms with Gasteiger partial charge in [-0.3, -0.25) is 24.2 Å². The number of aliphatic imine (C=N–C) groups is 1. The zero-order valence-electron chi connectivity index (χ0n) is 63.5. The van der Waals surface area contributed by atoms with Crippen LogP contribution in [0.15, 0.2) is 76.9 Å². The fraction of sp³-hybridized carbons (Fsp3) is 0.623. The summed E-state index contributed by atoms with van der Waals surface area (Å²) in [5, 5.41) is 57.9. The van der Waals surface area contributed by atoms with Crippen molar-refractivity contribution in [3.05, 3.63) is 89.0 Å². The van der Waals surface area contributed by atoms with Crippen LogP contribution >= 0.6 is 0 Å². The number of ketones is 1. The topological polar surface area (TPSA) is 387 Å². The molecule has 8 rings (SSSR count). The number of rotatable bonds is 54. The number of methoxy groups -OCH3 is 2. The van der Waals surface area contributed by atoms with E-state index >= 15 is 0 Å². The van der Waals surface area contributed by atoms with E-state index in [1.165, 1.54) is 49.5 Å². The SMILES string of the molecule is C=C1C[C@H]2C=Nc3cc(OCCCCCOc4cc5c(cc4OC)C(=O)N4CC(=C)C[C@H]4C(O)N5C(=O)OCc4ccc(O[C@@H]5C[C@H](C(=O)O)[C@@H](O)[C@H](O)[C@H]5O)c(C(=O)CCCOCCOCCOCCOCCOCCOCCOCCOCCOCCOCCOCCON=C(C)C)c4)c(OC)cc3C(=O)N2C1. The number of ether oxygens (including phenoxy) is 17. The van der Waals surface area contributed by atoms with E-state index in [9.17, 15) is 49.5 Å². The number of hydrogen-bond donors (Lipinski definition) is 5. The van der Waals surface area contributed by atoms with Crippen molar-refractivity contribution in [2.24, 2.45) is 16.1 Å². The number of Topliss-reactive ketones (excluding diaryl/α,β-unsaturated/α-hetero) is 1. The number of carboxylic acids is 1. The van der Waals surface area contributed by atoms with E-state index in [0.29, 0.717) is 199 Å². The van der Waals surface area contributed by atoms with Crippen LogP contribution in [0.25, 0.3) is 0 Å². The molecule has 5 N–H and O–H groups in total. The van der Waals surface area contributed by atoms with Gasteiger partial charge in [0.15, 0.2) is 35.0 Å². The summed E-state index contributed by atoms with van der Waals surface area (Å²) in [7, 11) is 2.91. The van der Waals surface area contributed by atoms with Crippen molar-refractivity contribution < 1.29 is 135 Å². The van der Waals surface area contributed by atoms with Gasteiger partial charge >= 0.3 is 12.1 Å². The minimum Gasteiger partial charge on any atom is -0.493 e. The molecule has 1 aliphatic carbocycles. The van der Waals surface area contributed by atoms with Crippen molar-refractivity contribution in [2.75, 3.05) is 197 Å². The van der Waals surface area contributed by atoms with Crippen LogP contribution in [-0.2, 0) is 73.1 Å². The molecule has 33 nitrogen and oxygen atoms in total. The molecule has 3 aromatic rings. The highest BCUT2D eigenvalue weighted by molar-refractivity contribution is 6.06. The van der Waals surface area contributed by atoms with Crippen LogP contribution in [0.3, 0.4) is 0 Å². The number of aliphatic carboxylic acids is 1. The lowest BCUT2D eigenvalue weighted by Gasteiger charge is -2.38. The Morgan fingerprint density at radius 3 is 1.55 bits per heavy atom. The maximum atomic E-state index is 14.6. The van der Waals surface area contributed by atoms with E-state index in [-0.39, 0.29) is 104 Å². The number of aliphatic hydroxyl groups excluding tert-OH is 4. The van der Waals surface area contributed by atoms with Crippen molar-refractivity contribution in [3.63, 3.8) is 0 Å². The van der Waals surface area contributed by atoms with Crippen molar-refractivity contribution in [3.8, 4) is 28.7 Å². The molecule has 1 saturated carbocycles. The molecule has 3 fully saturated rings. The van der Waals surface area contributed by atoms with Gasteiger partial charge < -0.3 is 121 Å². The predicted molar refractivity (Wildman–Crippen MR) is 397 cm³/mol. The molecule has 8 atom stereocenters. The summed E-state index contributed by atoms with van der Waals surface area (Å²) in [6.07, 6.45) is -5.37.